The number of hydrogen-bond donors (Lipinski definition) is 1. The molecule has 1 aliphatic rings. The molecule has 2 heterocycles. The Morgan fingerprint density at radius 2 is 1.88 bits per heavy atom. The van der Waals surface area contributed by atoms with Crippen molar-refractivity contribution in [3.05, 3.63) is 40.3 Å². The maximum Gasteiger partial charge on any atom is 0.419 e. The van der Waals surface area contributed by atoms with Crippen molar-refractivity contribution in [1.29, 1.82) is 0 Å². The van der Waals surface area contributed by atoms with Crippen LogP contribution in [0.2, 0.25) is 0 Å². The van der Waals surface area contributed by atoms with Gasteiger partial charge < -0.3 is 10.0 Å². The van der Waals surface area contributed by atoms with Gasteiger partial charge in [-0.25, -0.2) is 4.68 Å². The van der Waals surface area contributed by atoms with E-state index >= 15 is 0 Å². The highest BCUT2D eigenvalue weighted by Crippen LogP contribution is 2.38. The second-order valence-electron chi connectivity index (χ2n) is 6.74. The Kier molecular flexibility index (Phi) is 4.30. The Balaban J connectivity index is 2.07. The van der Waals surface area contributed by atoms with E-state index in [1.165, 1.54) is 6.07 Å². The van der Waals surface area contributed by atoms with Gasteiger partial charge in [-0.05, 0) is 19.9 Å². The number of aliphatic hydroxyl groups is 1. The van der Waals surface area contributed by atoms with Crippen LogP contribution >= 0.6 is 0 Å². The zero-order valence-electron chi connectivity index (χ0n) is 14.2. The summed E-state index contributed by atoms with van der Waals surface area (Å²) in [6.45, 7) is 2.34. The fourth-order valence-electron chi connectivity index (χ4n) is 3.06. The molecule has 0 bridgehead atoms. The molecule has 6 nitrogen and oxygen atoms in total. The predicted molar refractivity (Wildman–Crippen MR) is 87.9 cm³/mol. The smallest absolute Gasteiger partial charge is 0.379 e. The van der Waals surface area contributed by atoms with E-state index in [9.17, 15) is 27.9 Å². The van der Waals surface area contributed by atoms with Crippen LogP contribution in [0.5, 0.6) is 0 Å². The monoisotopic (exact) mass is 369 g/mol. The summed E-state index contributed by atoms with van der Waals surface area (Å²) < 4.78 is 40.2. The molecule has 1 aliphatic heterocycles. The second-order valence-corrected chi connectivity index (χ2v) is 6.74. The number of halogens is 3. The average molecular weight is 369 g/mol. The Hall–Kier alpha value is -2.42. The van der Waals surface area contributed by atoms with Gasteiger partial charge in [0.15, 0.2) is 11.3 Å². The van der Waals surface area contributed by atoms with Crippen molar-refractivity contribution in [3.63, 3.8) is 0 Å². The maximum atomic E-state index is 13.0. The summed E-state index contributed by atoms with van der Waals surface area (Å²) in [5.74, 6) is -0.740. The van der Waals surface area contributed by atoms with Gasteiger partial charge in [0.25, 0.3) is 11.5 Å². The van der Waals surface area contributed by atoms with Crippen molar-refractivity contribution in [3.8, 4) is 0 Å². The first-order valence-corrected chi connectivity index (χ1v) is 8.15. The quantitative estimate of drug-likeness (QED) is 0.880. The number of carbonyl (C=O) groups is 1. The Morgan fingerprint density at radius 3 is 2.42 bits per heavy atom. The van der Waals surface area contributed by atoms with Gasteiger partial charge in [0.1, 0.15) is 0 Å². The van der Waals surface area contributed by atoms with Crippen LogP contribution in [0, 0.1) is 0 Å². The molecule has 1 aromatic carbocycles. The van der Waals surface area contributed by atoms with Crippen molar-refractivity contribution in [2.24, 2.45) is 0 Å². The Labute approximate surface area is 146 Å². The Bertz CT molecular complexity index is 923. The number of rotatable bonds is 2. The number of benzene rings is 1. The molecule has 140 valence electrons. The number of carbonyl (C=O) groups excluding carboxylic acids is 1. The summed E-state index contributed by atoms with van der Waals surface area (Å²) in [4.78, 5) is 26.2. The molecule has 0 aliphatic carbocycles. The van der Waals surface area contributed by atoms with E-state index in [-0.39, 0.29) is 34.6 Å². The lowest BCUT2D eigenvalue weighted by molar-refractivity contribution is -0.253. The molecule has 0 spiro atoms. The number of nitrogens with zero attached hydrogens (tertiary/aromatic N) is 3. The highest BCUT2D eigenvalue weighted by atomic mass is 19.4. The van der Waals surface area contributed by atoms with Crippen LogP contribution in [0.3, 0.4) is 0 Å². The zero-order chi connectivity index (χ0) is 19.3. The van der Waals surface area contributed by atoms with Crippen LogP contribution in [0.1, 0.15) is 36.8 Å². The third-order valence-corrected chi connectivity index (χ3v) is 4.58. The van der Waals surface area contributed by atoms with Crippen molar-refractivity contribution in [1.82, 2.24) is 14.7 Å². The lowest BCUT2D eigenvalue weighted by atomic mass is 10.0. The number of amides is 1. The van der Waals surface area contributed by atoms with Crippen LogP contribution in [0.15, 0.2) is 29.1 Å². The number of hydrogen-bond acceptors (Lipinski definition) is 4. The first kappa shape index (κ1) is 18.4. The minimum atomic E-state index is -4.83. The van der Waals surface area contributed by atoms with E-state index < -0.39 is 30.7 Å². The van der Waals surface area contributed by atoms with Crippen molar-refractivity contribution < 1.29 is 23.1 Å². The van der Waals surface area contributed by atoms with E-state index in [4.69, 9.17) is 0 Å². The lowest BCUT2D eigenvalue weighted by Gasteiger charge is -2.26. The van der Waals surface area contributed by atoms with Gasteiger partial charge in [-0.3, -0.25) is 9.59 Å². The summed E-state index contributed by atoms with van der Waals surface area (Å²) >= 11 is 0. The molecule has 0 radical (unpaired) electrons. The number of β-amino-alcohol motifs (C(OH)–C–C–N with tert-alkyl or cyclic N) is 1. The predicted octanol–water partition coefficient (Wildman–Crippen LogP) is 2.12. The van der Waals surface area contributed by atoms with Crippen LogP contribution in [-0.2, 0) is 0 Å². The van der Waals surface area contributed by atoms with Crippen molar-refractivity contribution in [2.75, 3.05) is 13.1 Å². The fraction of sp³-hybridized carbons (Fsp3) is 0.471. The van der Waals surface area contributed by atoms with Crippen molar-refractivity contribution in [2.45, 2.75) is 38.1 Å². The summed E-state index contributed by atoms with van der Waals surface area (Å²) in [5.41, 5.74) is -3.40. The SMILES string of the molecule is CC(C)n1nc(C(=O)N2CCC(O)(C(F)(F)F)C2)c2ccccc2c1=O. The first-order valence-electron chi connectivity index (χ1n) is 8.15. The maximum absolute atomic E-state index is 13.0. The van der Waals surface area contributed by atoms with Gasteiger partial charge in [-0.15, -0.1) is 0 Å². The number of aromatic nitrogens is 2. The van der Waals surface area contributed by atoms with Gasteiger partial charge in [0, 0.05) is 18.4 Å². The highest BCUT2D eigenvalue weighted by Gasteiger charge is 2.58. The summed E-state index contributed by atoms with van der Waals surface area (Å²) in [6, 6.07) is 6.01. The molecule has 1 N–H and O–H groups in total. The van der Waals surface area contributed by atoms with E-state index in [1.807, 2.05) is 0 Å². The average Bonchev–Trinajstić information content (AvgIpc) is 2.98. The molecule has 9 heteroatoms. The van der Waals surface area contributed by atoms with Gasteiger partial charge >= 0.3 is 6.18 Å². The summed E-state index contributed by atoms with van der Waals surface area (Å²) in [6.07, 6.45) is -5.42. The highest BCUT2D eigenvalue weighted by molar-refractivity contribution is 6.04. The summed E-state index contributed by atoms with van der Waals surface area (Å²) in [5, 5.41) is 14.5. The van der Waals surface area contributed by atoms with E-state index in [2.05, 4.69) is 5.10 Å². The number of fused-ring (bicyclic) bond motifs is 1. The zero-order valence-corrected chi connectivity index (χ0v) is 14.2. The van der Waals surface area contributed by atoms with Crippen molar-refractivity contribution >= 4 is 16.7 Å². The first-order chi connectivity index (χ1) is 12.0. The largest absolute Gasteiger partial charge is 0.419 e. The van der Waals surface area contributed by atoms with Gasteiger partial charge in [-0.1, -0.05) is 18.2 Å². The van der Waals surface area contributed by atoms with Gasteiger partial charge in [0.05, 0.1) is 18.0 Å². The normalized spacial score (nSPS) is 21.0. The molecule has 1 amide bonds. The van der Waals surface area contributed by atoms with Crippen LogP contribution in [0.4, 0.5) is 13.2 Å². The molecule has 2 aromatic rings. The van der Waals surface area contributed by atoms with Gasteiger partial charge in [0.2, 0.25) is 0 Å². The van der Waals surface area contributed by atoms with E-state index in [0.29, 0.717) is 0 Å². The second kappa shape index (κ2) is 6.08. The van der Waals surface area contributed by atoms with Gasteiger partial charge in [-0.2, -0.15) is 18.3 Å². The minimum Gasteiger partial charge on any atom is -0.379 e. The number of alkyl halides is 3. The molecular weight excluding hydrogens is 351 g/mol. The van der Waals surface area contributed by atoms with Crippen LogP contribution in [0.25, 0.3) is 10.8 Å². The molecule has 1 aromatic heterocycles. The molecule has 1 unspecified atom stereocenters. The topological polar surface area (TPSA) is 75.4 Å². The molecule has 1 fully saturated rings. The standard InChI is InChI=1S/C17H18F3N3O3/c1-10(2)23-14(24)12-6-4-3-5-11(12)13(21-23)15(25)22-8-7-16(26,9-22)17(18,19)20/h3-6,10,26H,7-9H2,1-2H3. The lowest BCUT2D eigenvalue weighted by Crippen LogP contribution is -2.48. The number of likely N-dealkylation sites (tertiary alicyclic amines) is 1. The third kappa shape index (κ3) is 2.86. The molecule has 3 rings (SSSR count). The minimum absolute atomic E-state index is 0.0969. The fourth-order valence-corrected chi connectivity index (χ4v) is 3.06. The molecular formula is C17H18F3N3O3. The van der Waals surface area contributed by atoms with Crippen LogP contribution < -0.4 is 5.56 Å². The third-order valence-electron chi connectivity index (χ3n) is 4.58. The molecule has 0 saturated carbocycles. The molecule has 1 saturated heterocycles. The van der Waals surface area contributed by atoms with Crippen LogP contribution in [-0.4, -0.2) is 50.6 Å². The molecule has 1 atom stereocenters. The van der Waals surface area contributed by atoms with E-state index in [0.717, 1.165) is 9.58 Å². The summed E-state index contributed by atoms with van der Waals surface area (Å²) in [7, 11) is 0. The molecule has 26 heavy (non-hydrogen) atoms. The Morgan fingerprint density at radius 1 is 1.27 bits per heavy atom. The van der Waals surface area contributed by atoms with E-state index in [1.54, 1.807) is 32.0 Å².